The van der Waals surface area contributed by atoms with Crippen molar-refractivity contribution in [3.63, 3.8) is 0 Å². The van der Waals surface area contributed by atoms with E-state index in [1.165, 1.54) is 32.4 Å². The number of hydrogen-bond acceptors (Lipinski definition) is 6. The van der Waals surface area contributed by atoms with Crippen LogP contribution in [0.1, 0.15) is 19.3 Å². The third kappa shape index (κ3) is 2.63. The van der Waals surface area contributed by atoms with Gasteiger partial charge in [0.25, 0.3) is 0 Å². The third-order valence-electron chi connectivity index (χ3n) is 3.64. The molecule has 19 heavy (non-hydrogen) atoms. The smallest absolute Gasteiger partial charge is 0.160 e. The highest BCUT2D eigenvalue weighted by Crippen LogP contribution is 2.24. The van der Waals surface area contributed by atoms with E-state index < -0.39 is 0 Å². The molecular weight excluding hydrogens is 242 g/mol. The van der Waals surface area contributed by atoms with Crippen LogP contribution in [0, 0.1) is 0 Å². The maximum atomic E-state index is 5.82. The van der Waals surface area contributed by atoms with E-state index in [1.807, 2.05) is 12.1 Å². The highest BCUT2D eigenvalue weighted by molar-refractivity contribution is 5.94. The Kier molecular flexibility index (Phi) is 3.50. The molecule has 0 atom stereocenters. The van der Waals surface area contributed by atoms with Gasteiger partial charge in [0.05, 0.1) is 11.4 Å². The summed E-state index contributed by atoms with van der Waals surface area (Å²) in [5, 5.41) is 11.1. The summed E-state index contributed by atoms with van der Waals surface area (Å²) >= 11 is 0. The summed E-state index contributed by atoms with van der Waals surface area (Å²) in [6.07, 6.45) is 4.01. The van der Waals surface area contributed by atoms with E-state index in [2.05, 4.69) is 20.5 Å². The second kappa shape index (κ2) is 5.44. The Hall–Kier alpha value is -1.82. The van der Waals surface area contributed by atoms with Crippen molar-refractivity contribution < 1.29 is 4.63 Å². The van der Waals surface area contributed by atoms with Gasteiger partial charge in [-0.25, -0.2) is 4.63 Å². The molecule has 6 heteroatoms. The first-order valence-corrected chi connectivity index (χ1v) is 6.81. The molecule has 0 unspecified atom stereocenters. The van der Waals surface area contributed by atoms with Gasteiger partial charge in [-0.1, -0.05) is 6.42 Å². The number of rotatable bonds is 4. The Morgan fingerprint density at radius 3 is 2.79 bits per heavy atom. The Bertz CT molecular complexity index is 547. The molecule has 1 aliphatic heterocycles. The Morgan fingerprint density at radius 2 is 1.95 bits per heavy atom. The molecule has 0 amide bonds. The average molecular weight is 261 g/mol. The summed E-state index contributed by atoms with van der Waals surface area (Å²) < 4.78 is 4.75. The lowest BCUT2D eigenvalue weighted by Crippen LogP contribution is -2.33. The number of aromatic nitrogens is 2. The van der Waals surface area contributed by atoms with Crippen molar-refractivity contribution in [3.8, 4) is 0 Å². The molecule has 1 saturated heterocycles. The van der Waals surface area contributed by atoms with Crippen LogP contribution in [0.3, 0.4) is 0 Å². The average Bonchev–Trinajstić information content (AvgIpc) is 2.93. The quantitative estimate of drug-likeness (QED) is 0.815. The fraction of sp³-hybridized carbons (Fsp3) is 0.538. The van der Waals surface area contributed by atoms with Crippen molar-refractivity contribution in [2.45, 2.75) is 19.3 Å². The molecule has 0 bridgehead atoms. The Labute approximate surface area is 111 Å². The fourth-order valence-electron chi connectivity index (χ4n) is 2.56. The highest BCUT2D eigenvalue weighted by Gasteiger charge is 2.11. The van der Waals surface area contributed by atoms with Crippen LogP contribution in [0.25, 0.3) is 11.0 Å². The number of likely N-dealkylation sites (tertiary alicyclic amines) is 1. The molecule has 2 heterocycles. The van der Waals surface area contributed by atoms with Gasteiger partial charge in [-0.3, -0.25) is 0 Å². The van der Waals surface area contributed by atoms with Crippen LogP contribution in [0.2, 0.25) is 0 Å². The summed E-state index contributed by atoms with van der Waals surface area (Å²) in [5.41, 5.74) is 8.68. The number of nitrogens with two attached hydrogens (primary N) is 1. The van der Waals surface area contributed by atoms with Crippen LogP contribution in [0.5, 0.6) is 0 Å². The van der Waals surface area contributed by atoms with Gasteiger partial charge in [-0.2, -0.15) is 0 Å². The first-order chi connectivity index (χ1) is 9.34. The van der Waals surface area contributed by atoms with Crippen molar-refractivity contribution in [2.24, 2.45) is 0 Å². The lowest BCUT2D eigenvalue weighted by Gasteiger charge is -2.26. The van der Waals surface area contributed by atoms with E-state index in [-0.39, 0.29) is 0 Å². The van der Waals surface area contributed by atoms with Crippen LogP contribution in [0.4, 0.5) is 11.4 Å². The van der Waals surface area contributed by atoms with Gasteiger partial charge >= 0.3 is 0 Å². The number of nitrogens with zero attached hydrogens (tertiary/aromatic N) is 3. The van der Waals surface area contributed by atoms with E-state index in [1.54, 1.807) is 0 Å². The lowest BCUT2D eigenvalue weighted by atomic mass is 10.1. The van der Waals surface area contributed by atoms with E-state index >= 15 is 0 Å². The number of fused-ring (bicyclic) bond motifs is 1. The van der Waals surface area contributed by atoms with Gasteiger partial charge in [0.15, 0.2) is 11.0 Å². The number of nitrogen functional groups attached to an aromatic ring is 1. The van der Waals surface area contributed by atoms with Gasteiger partial charge in [0.1, 0.15) is 0 Å². The molecule has 3 rings (SSSR count). The molecule has 3 N–H and O–H groups in total. The topological polar surface area (TPSA) is 80.2 Å². The molecule has 1 aromatic heterocycles. The Morgan fingerprint density at radius 1 is 1.16 bits per heavy atom. The van der Waals surface area contributed by atoms with Crippen LogP contribution in [-0.2, 0) is 0 Å². The largest absolute Gasteiger partial charge is 0.397 e. The fourth-order valence-corrected chi connectivity index (χ4v) is 2.56. The molecule has 1 fully saturated rings. The van der Waals surface area contributed by atoms with Gasteiger partial charge < -0.3 is 16.0 Å². The minimum Gasteiger partial charge on any atom is -0.397 e. The number of hydrogen-bond donors (Lipinski definition) is 2. The summed E-state index contributed by atoms with van der Waals surface area (Å²) in [7, 11) is 0. The van der Waals surface area contributed by atoms with Gasteiger partial charge in [-0.15, -0.1) is 0 Å². The molecule has 0 saturated carbocycles. The van der Waals surface area contributed by atoms with E-state index in [9.17, 15) is 0 Å². The predicted octanol–water partition coefficient (Wildman–Crippen LogP) is 1.70. The monoisotopic (exact) mass is 261 g/mol. The SMILES string of the molecule is Nc1ccc(NCCN2CCCCC2)c2nonc12. The maximum Gasteiger partial charge on any atom is 0.160 e. The van der Waals surface area contributed by atoms with E-state index in [0.717, 1.165) is 18.8 Å². The van der Waals surface area contributed by atoms with Crippen molar-refractivity contribution in [1.29, 1.82) is 0 Å². The predicted molar refractivity (Wildman–Crippen MR) is 75.0 cm³/mol. The first kappa shape index (κ1) is 12.2. The Balaban J connectivity index is 1.62. The second-order valence-corrected chi connectivity index (χ2v) is 4.99. The van der Waals surface area contributed by atoms with E-state index in [4.69, 9.17) is 10.4 Å². The molecule has 0 spiro atoms. The molecule has 2 aromatic rings. The maximum absolute atomic E-state index is 5.82. The second-order valence-electron chi connectivity index (χ2n) is 4.99. The molecule has 0 aliphatic carbocycles. The molecular formula is C13H19N5O. The number of benzene rings is 1. The zero-order chi connectivity index (χ0) is 13.1. The molecule has 1 aliphatic rings. The number of anilines is 2. The van der Waals surface area contributed by atoms with Gasteiger partial charge in [0.2, 0.25) is 0 Å². The van der Waals surface area contributed by atoms with Crippen molar-refractivity contribution in [1.82, 2.24) is 15.2 Å². The van der Waals surface area contributed by atoms with Crippen LogP contribution in [-0.4, -0.2) is 41.4 Å². The lowest BCUT2D eigenvalue weighted by molar-refractivity contribution is 0.237. The number of piperidine rings is 1. The van der Waals surface area contributed by atoms with Gasteiger partial charge in [0, 0.05) is 13.1 Å². The molecule has 1 aromatic carbocycles. The summed E-state index contributed by atoms with van der Waals surface area (Å²) in [6, 6.07) is 3.76. The van der Waals surface area contributed by atoms with Crippen LogP contribution >= 0.6 is 0 Å². The summed E-state index contributed by atoms with van der Waals surface area (Å²) in [4.78, 5) is 2.49. The van der Waals surface area contributed by atoms with Crippen LogP contribution < -0.4 is 11.1 Å². The number of nitrogens with one attached hydrogen (secondary N) is 1. The minimum absolute atomic E-state index is 0.595. The van der Waals surface area contributed by atoms with Gasteiger partial charge in [-0.05, 0) is 48.4 Å². The standard InChI is InChI=1S/C13H19N5O/c14-10-4-5-11(13-12(10)16-19-17-13)15-6-9-18-7-2-1-3-8-18/h4-5,15H,1-3,6-9,14H2. The molecule has 102 valence electrons. The zero-order valence-electron chi connectivity index (χ0n) is 10.9. The highest BCUT2D eigenvalue weighted by atomic mass is 16.6. The first-order valence-electron chi connectivity index (χ1n) is 6.81. The molecule has 0 radical (unpaired) electrons. The van der Waals surface area contributed by atoms with Crippen molar-refractivity contribution >= 4 is 22.4 Å². The van der Waals surface area contributed by atoms with Crippen LogP contribution in [0.15, 0.2) is 16.8 Å². The zero-order valence-corrected chi connectivity index (χ0v) is 10.9. The normalized spacial score (nSPS) is 16.8. The summed E-state index contributed by atoms with van der Waals surface area (Å²) in [5.74, 6) is 0. The minimum atomic E-state index is 0.595. The molecule has 6 nitrogen and oxygen atoms in total. The summed E-state index contributed by atoms with van der Waals surface area (Å²) in [6.45, 7) is 4.37. The van der Waals surface area contributed by atoms with Crippen molar-refractivity contribution in [2.75, 3.05) is 37.2 Å². The van der Waals surface area contributed by atoms with E-state index in [0.29, 0.717) is 16.7 Å². The van der Waals surface area contributed by atoms with Crippen molar-refractivity contribution in [3.05, 3.63) is 12.1 Å². The third-order valence-corrected chi connectivity index (χ3v) is 3.64.